The van der Waals surface area contributed by atoms with Crippen LogP contribution >= 0.6 is 0 Å². The summed E-state index contributed by atoms with van der Waals surface area (Å²) >= 11 is 0. The van der Waals surface area contributed by atoms with E-state index in [0.717, 1.165) is 39.3 Å². The van der Waals surface area contributed by atoms with Crippen molar-refractivity contribution in [1.29, 1.82) is 0 Å². The van der Waals surface area contributed by atoms with Crippen LogP contribution in [0, 0.1) is 0 Å². The summed E-state index contributed by atoms with van der Waals surface area (Å²) in [6.45, 7) is 0. The Labute approximate surface area is 140 Å². The summed E-state index contributed by atoms with van der Waals surface area (Å²) in [4.78, 5) is 0. The van der Waals surface area contributed by atoms with Crippen LogP contribution in [0.4, 0.5) is 0 Å². The maximum Gasteiger partial charge on any atom is 0.135 e. The van der Waals surface area contributed by atoms with E-state index >= 15 is 0 Å². The van der Waals surface area contributed by atoms with Crippen molar-refractivity contribution in [3.8, 4) is 11.5 Å². The first kappa shape index (κ1) is 13.6. The Kier molecular flexibility index (Phi) is 2.88. The van der Waals surface area contributed by atoms with Gasteiger partial charge in [-0.25, -0.2) is 0 Å². The number of hydrogen-bond acceptors (Lipinski definition) is 2. The molecular formula is C22H16O2. The molecule has 1 N–H and O–H groups in total. The minimum absolute atomic E-state index is 0.489. The molecule has 3 aromatic carbocycles. The highest BCUT2D eigenvalue weighted by Crippen LogP contribution is 2.49. The molecule has 116 valence electrons. The average molecular weight is 312 g/mol. The predicted octanol–water partition coefficient (Wildman–Crippen LogP) is 4.67. The second-order valence-corrected chi connectivity index (χ2v) is 6.26. The topological polar surface area (TPSA) is 29.5 Å². The van der Waals surface area contributed by atoms with Crippen LogP contribution in [0.1, 0.15) is 22.3 Å². The zero-order valence-corrected chi connectivity index (χ0v) is 13.1. The van der Waals surface area contributed by atoms with Crippen LogP contribution in [-0.4, -0.2) is 11.2 Å². The lowest BCUT2D eigenvalue weighted by molar-refractivity contribution is 0.240. The second kappa shape index (κ2) is 5.08. The summed E-state index contributed by atoms with van der Waals surface area (Å²) in [5, 5.41) is 10.8. The van der Waals surface area contributed by atoms with Gasteiger partial charge >= 0.3 is 0 Å². The molecule has 2 aliphatic rings. The lowest BCUT2D eigenvalue weighted by Crippen LogP contribution is -2.10. The van der Waals surface area contributed by atoms with E-state index in [-0.39, 0.29) is 0 Å². The number of ether oxygens (including phenoxy) is 1. The van der Waals surface area contributed by atoms with Gasteiger partial charge < -0.3 is 9.84 Å². The number of hydrogen-bond donors (Lipinski definition) is 1. The SMILES string of the molecule is OC1Cc2ccccc2C1=C1c2ccccc2Oc2ccccc21. The van der Waals surface area contributed by atoms with Gasteiger partial charge in [-0.2, -0.15) is 0 Å². The standard InChI is InChI=1S/C22H16O2/c23-18-13-14-7-1-2-8-15(14)22(18)21-16-9-3-5-11-19(16)24-20-12-6-4-10-17(20)21/h1-12,18,23H,13H2. The summed E-state index contributed by atoms with van der Waals surface area (Å²) in [7, 11) is 0. The maximum atomic E-state index is 10.8. The monoisotopic (exact) mass is 312 g/mol. The largest absolute Gasteiger partial charge is 0.456 e. The molecule has 1 atom stereocenters. The zero-order valence-electron chi connectivity index (χ0n) is 13.1. The predicted molar refractivity (Wildman–Crippen MR) is 95.0 cm³/mol. The molecular weight excluding hydrogens is 296 g/mol. The summed E-state index contributed by atoms with van der Waals surface area (Å²) in [5.41, 5.74) is 6.53. The van der Waals surface area contributed by atoms with E-state index < -0.39 is 6.10 Å². The Morgan fingerprint density at radius 2 is 1.25 bits per heavy atom. The van der Waals surface area contributed by atoms with Crippen LogP contribution in [0.5, 0.6) is 11.5 Å². The smallest absolute Gasteiger partial charge is 0.135 e. The van der Waals surface area contributed by atoms with E-state index in [9.17, 15) is 5.11 Å². The van der Waals surface area contributed by atoms with Crippen LogP contribution in [0.25, 0.3) is 11.1 Å². The molecule has 0 bridgehead atoms. The van der Waals surface area contributed by atoms with Crippen LogP contribution in [0.2, 0.25) is 0 Å². The van der Waals surface area contributed by atoms with Crippen molar-refractivity contribution in [1.82, 2.24) is 0 Å². The van der Waals surface area contributed by atoms with E-state index in [1.807, 2.05) is 48.5 Å². The molecule has 0 saturated carbocycles. The van der Waals surface area contributed by atoms with Crippen molar-refractivity contribution in [2.24, 2.45) is 0 Å². The summed E-state index contributed by atoms with van der Waals surface area (Å²) in [5.74, 6) is 1.69. The Morgan fingerprint density at radius 3 is 1.92 bits per heavy atom. The number of para-hydroxylation sites is 2. The van der Waals surface area contributed by atoms with Gasteiger partial charge in [0.25, 0.3) is 0 Å². The fourth-order valence-corrected chi connectivity index (χ4v) is 3.83. The molecule has 5 rings (SSSR count). The van der Waals surface area contributed by atoms with Gasteiger partial charge in [0.1, 0.15) is 11.5 Å². The minimum Gasteiger partial charge on any atom is -0.456 e. The molecule has 0 aromatic heterocycles. The first-order valence-corrected chi connectivity index (χ1v) is 8.20. The number of aliphatic hydroxyl groups excluding tert-OH is 1. The van der Waals surface area contributed by atoms with Crippen molar-refractivity contribution in [3.63, 3.8) is 0 Å². The van der Waals surface area contributed by atoms with Gasteiger partial charge in [-0.15, -0.1) is 0 Å². The lowest BCUT2D eigenvalue weighted by Gasteiger charge is -2.25. The molecule has 0 fully saturated rings. The third-order valence-electron chi connectivity index (χ3n) is 4.86. The van der Waals surface area contributed by atoms with Crippen LogP contribution in [0.3, 0.4) is 0 Å². The lowest BCUT2D eigenvalue weighted by atomic mass is 9.87. The fourth-order valence-electron chi connectivity index (χ4n) is 3.83. The average Bonchev–Trinajstić information content (AvgIpc) is 2.95. The minimum atomic E-state index is -0.489. The molecule has 2 heteroatoms. The third-order valence-corrected chi connectivity index (χ3v) is 4.86. The molecule has 0 saturated heterocycles. The van der Waals surface area contributed by atoms with Crippen LogP contribution in [-0.2, 0) is 6.42 Å². The van der Waals surface area contributed by atoms with Crippen molar-refractivity contribution >= 4 is 11.1 Å². The van der Waals surface area contributed by atoms with E-state index in [0.29, 0.717) is 6.42 Å². The van der Waals surface area contributed by atoms with E-state index in [1.165, 1.54) is 5.56 Å². The molecule has 0 amide bonds. The first-order chi connectivity index (χ1) is 11.8. The van der Waals surface area contributed by atoms with Gasteiger partial charge in [0.15, 0.2) is 0 Å². The van der Waals surface area contributed by atoms with Crippen molar-refractivity contribution < 1.29 is 9.84 Å². The summed E-state index contributed by atoms with van der Waals surface area (Å²) in [6.07, 6.45) is 0.178. The van der Waals surface area contributed by atoms with E-state index in [4.69, 9.17) is 4.74 Å². The van der Waals surface area contributed by atoms with E-state index in [2.05, 4.69) is 24.3 Å². The van der Waals surface area contributed by atoms with Gasteiger partial charge in [-0.3, -0.25) is 0 Å². The highest BCUT2D eigenvalue weighted by molar-refractivity contribution is 6.05. The Hall–Kier alpha value is -2.84. The third kappa shape index (κ3) is 1.87. The fraction of sp³-hybridized carbons (Fsp3) is 0.0909. The second-order valence-electron chi connectivity index (χ2n) is 6.26. The zero-order chi connectivity index (χ0) is 16.1. The van der Waals surface area contributed by atoms with Gasteiger partial charge in [-0.05, 0) is 28.8 Å². The molecule has 24 heavy (non-hydrogen) atoms. The number of rotatable bonds is 0. The van der Waals surface area contributed by atoms with Gasteiger partial charge in [0.2, 0.25) is 0 Å². The molecule has 3 aromatic rings. The van der Waals surface area contributed by atoms with Crippen molar-refractivity contribution in [2.75, 3.05) is 0 Å². The quantitative estimate of drug-likeness (QED) is 0.511. The Morgan fingerprint density at radius 1 is 0.708 bits per heavy atom. The number of benzene rings is 3. The molecule has 1 aliphatic carbocycles. The maximum absolute atomic E-state index is 10.8. The van der Waals surface area contributed by atoms with Crippen LogP contribution < -0.4 is 4.74 Å². The summed E-state index contributed by atoms with van der Waals surface area (Å²) < 4.78 is 6.07. The van der Waals surface area contributed by atoms with Crippen molar-refractivity contribution in [3.05, 3.63) is 95.1 Å². The Balaban J connectivity index is 1.89. The normalized spacial score (nSPS) is 17.8. The van der Waals surface area contributed by atoms with Gasteiger partial charge in [0.05, 0.1) is 6.10 Å². The molecule has 2 nitrogen and oxygen atoms in total. The molecule has 1 unspecified atom stereocenters. The molecule has 1 aliphatic heterocycles. The highest BCUT2D eigenvalue weighted by Gasteiger charge is 2.32. The van der Waals surface area contributed by atoms with Crippen molar-refractivity contribution in [2.45, 2.75) is 12.5 Å². The molecule has 1 heterocycles. The van der Waals surface area contributed by atoms with Gasteiger partial charge in [0, 0.05) is 23.1 Å². The van der Waals surface area contributed by atoms with E-state index in [1.54, 1.807) is 0 Å². The molecule has 0 spiro atoms. The number of aliphatic hydroxyl groups is 1. The Bertz CT molecular complexity index is 937. The molecule has 0 radical (unpaired) electrons. The highest BCUT2D eigenvalue weighted by atomic mass is 16.5. The number of fused-ring (bicyclic) bond motifs is 3. The first-order valence-electron chi connectivity index (χ1n) is 8.20. The van der Waals surface area contributed by atoms with Crippen LogP contribution in [0.15, 0.2) is 72.8 Å². The summed E-state index contributed by atoms with van der Waals surface area (Å²) in [6, 6.07) is 24.4. The van der Waals surface area contributed by atoms with Gasteiger partial charge in [-0.1, -0.05) is 60.7 Å².